The molecule has 2 heteroatoms. The molecule has 1 rings (SSSR count). The van der Waals surface area contributed by atoms with E-state index in [9.17, 15) is 4.79 Å². The van der Waals surface area contributed by atoms with Crippen molar-refractivity contribution in [1.29, 1.82) is 0 Å². The predicted octanol–water partition coefficient (Wildman–Crippen LogP) is 3.92. The largest absolute Gasteiger partial charge is 0.294 e. The number of hydrogen-bond acceptors (Lipinski definition) is 1. The average molecular weight is 255 g/mol. The van der Waals surface area contributed by atoms with E-state index in [4.69, 9.17) is 0 Å². The van der Waals surface area contributed by atoms with Crippen molar-refractivity contribution in [2.75, 3.05) is 0 Å². The molecule has 1 aromatic carbocycles. The Balaban J connectivity index is 2.95. The number of ketones is 1. The predicted molar refractivity (Wildman–Crippen MR) is 62.5 cm³/mol. The van der Waals surface area contributed by atoms with Gasteiger partial charge < -0.3 is 0 Å². The van der Waals surface area contributed by atoms with Gasteiger partial charge in [-0.1, -0.05) is 54.9 Å². The third-order valence-corrected chi connectivity index (χ3v) is 3.24. The maximum Gasteiger partial charge on any atom is 0.167 e. The third-order valence-electron chi connectivity index (χ3n) is 2.55. The Morgan fingerprint density at radius 2 is 1.79 bits per heavy atom. The van der Waals surface area contributed by atoms with Crippen LogP contribution in [0.15, 0.2) is 28.7 Å². The van der Waals surface area contributed by atoms with Crippen molar-refractivity contribution < 1.29 is 4.79 Å². The summed E-state index contributed by atoms with van der Waals surface area (Å²) in [6.07, 6.45) is 0. The second-order valence-corrected chi connectivity index (χ2v) is 4.73. The van der Waals surface area contributed by atoms with Crippen LogP contribution in [0.5, 0.6) is 0 Å². The van der Waals surface area contributed by atoms with E-state index in [-0.39, 0.29) is 11.7 Å². The van der Waals surface area contributed by atoms with Gasteiger partial charge in [0.1, 0.15) is 0 Å². The van der Waals surface area contributed by atoms with Gasteiger partial charge in [0.25, 0.3) is 0 Å². The molecule has 0 aliphatic rings. The van der Waals surface area contributed by atoms with Gasteiger partial charge in [-0.2, -0.15) is 0 Å². The molecule has 1 atom stereocenters. The number of carbonyl (C=O) groups is 1. The maximum absolute atomic E-state index is 12.0. The Bertz CT molecular complexity index is 331. The van der Waals surface area contributed by atoms with E-state index >= 15 is 0 Å². The van der Waals surface area contributed by atoms with E-state index in [0.29, 0.717) is 5.92 Å². The molecule has 0 N–H and O–H groups in total. The molecule has 0 fully saturated rings. The second kappa shape index (κ2) is 4.74. The fourth-order valence-electron chi connectivity index (χ4n) is 1.21. The average Bonchev–Trinajstić information content (AvgIpc) is 2.16. The third kappa shape index (κ3) is 2.44. The normalized spacial score (nSPS) is 12.9. The zero-order valence-electron chi connectivity index (χ0n) is 8.75. The van der Waals surface area contributed by atoms with Crippen molar-refractivity contribution in [2.24, 2.45) is 11.8 Å². The summed E-state index contributed by atoms with van der Waals surface area (Å²) in [5.41, 5.74) is 0.786. The first kappa shape index (κ1) is 11.4. The molecular formula is C12H15BrO. The summed E-state index contributed by atoms with van der Waals surface area (Å²) in [7, 11) is 0. The van der Waals surface area contributed by atoms with Gasteiger partial charge in [-0.05, 0) is 12.0 Å². The lowest BCUT2D eigenvalue weighted by Crippen LogP contribution is -2.17. The van der Waals surface area contributed by atoms with Crippen LogP contribution in [0.25, 0.3) is 0 Å². The molecule has 0 saturated carbocycles. The molecular weight excluding hydrogens is 240 g/mol. The minimum absolute atomic E-state index is 0.0775. The fourth-order valence-corrected chi connectivity index (χ4v) is 1.69. The Kier molecular flexibility index (Phi) is 3.87. The quantitative estimate of drug-likeness (QED) is 0.748. The summed E-state index contributed by atoms with van der Waals surface area (Å²) < 4.78 is 0.887. The molecule has 0 aliphatic carbocycles. The number of rotatable bonds is 3. The topological polar surface area (TPSA) is 17.1 Å². The highest BCUT2D eigenvalue weighted by Crippen LogP contribution is 2.22. The van der Waals surface area contributed by atoms with E-state index < -0.39 is 0 Å². The molecule has 0 saturated heterocycles. The standard InChI is InChI=1S/C12H15BrO/c1-8(2)9(3)12(14)10-6-4-5-7-11(10)13/h4-9H,1-3H3. The SMILES string of the molecule is CC(C)C(C)C(=O)c1ccccc1Br. The molecule has 0 aliphatic heterocycles. The molecule has 1 unspecified atom stereocenters. The summed E-state index contributed by atoms with van der Waals surface area (Å²) in [5.74, 6) is 0.677. The summed E-state index contributed by atoms with van der Waals surface area (Å²) >= 11 is 3.39. The Morgan fingerprint density at radius 3 is 2.29 bits per heavy atom. The summed E-state index contributed by atoms with van der Waals surface area (Å²) in [6.45, 7) is 6.12. The van der Waals surface area contributed by atoms with Crippen LogP contribution < -0.4 is 0 Å². The van der Waals surface area contributed by atoms with Crippen molar-refractivity contribution in [3.63, 3.8) is 0 Å². The molecule has 0 amide bonds. The van der Waals surface area contributed by atoms with E-state index in [1.165, 1.54) is 0 Å². The van der Waals surface area contributed by atoms with Crippen LogP contribution in [0, 0.1) is 11.8 Å². The lowest BCUT2D eigenvalue weighted by Gasteiger charge is -2.14. The Labute approximate surface area is 93.7 Å². The molecule has 14 heavy (non-hydrogen) atoms. The monoisotopic (exact) mass is 254 g/mol. The van der Waals surface area contributed by atoms with Gasteiger partial charge >= 0.3 is 0 Å². The van der Waals surface area contributed by atoms with Crippen LogP contribution in [-0.4, -0.2) is 5.78 Å². The van der Waals surface area contributed by atoms with Crippen molar-refractivity contribution in [3.05, 3.63) is 34.3 Å². The Hall–Kier alpha value is -0.630. The van der Waals surface area contributed by atoms with E-state index in [1.54, 1.807) is 0 Å². The highest BCUT2D eigenvalue weighted by atomic mass is 79.9. The second-order valence-electron chi connectivity index (χ2n) is 3.88. The maximum atomic E-state index is 12.0. The first-order valence-electron chi connectivity index (χ1n) is 4.82. The van der Waals surface area contributed by atoms with E-state index in [0.717, 1.165) is 10.0 Å². The van der Waals surface area contributed by atoms with Crippen LogP contribution >= 0.6 is 15.9 Å². The van der Waals surface area contributed by atoms with E-state index in [2.05, 4.69) is 29.8 Å². The molecule has 0 radical (unpaired) electrons. The summed E-state index contributed by atoms with van der Waals surface area (Å²) in [5, 5.41) is 0. The minimum atomic E-state index is 0.0775. The first-order valence-corrected chi connectivity index (χ1v) is 5.62. The van der Waals surface area contributed by atoms with Gasteiger partial charge in [-0.25, -0.2) is 0 Å². The zero-order chi connectivity index (χ0) is 10.7. The van der Waals surface area contributed by atoms with Crippen molar-refractivity contribution in [1.82, 2.24) is 0 Å². The highest BCUT2D eigenvalue weighted by Gasteiger charge is 2.19. The van der Waals surface area contributed by atoms with Crippen LogP contribution in [-0.2, 0) is 0 Å². The molecule has 0 bridgehead atoms. The van der Waals surface area contributed by atoms with Crippen LogP contribution in [0.4, 0.5) is 0 Å². The molecule has 76 valence electrons. The molecule has 0 heterocycles. The molecule has 1 nitrogen and oxygen atoms in total. The molecule has 1 aromatic rings. The van der Waals surface area contributed by atoms with Gasteiger partial charge in [-0.15, -0.1) is 0 Å². The lowest BCUT2D eigenvalue weighted by molar-refractivity contribution is 0.0899. The van der Waals surface area contributed by atoms with Gasteiger partial charge in [0.15, 0.2) is 5.78 Å². The molecule has 0 spiro atoms. The lowest BCUT2D eigenvalue weighted by atomic mass is 9.90. The Morgan fingerprint density at radius 1 is 1.21 bits per heavy atom. The zero-order valence-corrected chi connectivity index (χ0v) is 10.3. The van der Waals surface area contributed by atoms with Crippen molar-refractivity contribution in [3.8, 4) is 0 Å². The summed E-state index contributed by atoms with van der Waals surface area (Å²) in [4.78, 5) is 12.0. The fraction of sp³-hybridized carbons (Fsp3) is 0.417. The van der Waals surface area contributed by atoms with Crippen LogP contribution in [0.1, 0.15) is 31.1 Å². The smallest absolute Gasteiger partial charge is 0.167 e. The highest BCUT2D eigenvalue weighted by molar-refractivity contribution is 9.10. The van der Waals surface area contributed by atoms with Crippen LogP contribution in [0.2, 0.25) is 0 Å². The number of Topliss-reactive ketones (excluding diaryl/α,β-unsaturated/α-hetero) is 1. The van der Waals surface area contributed by atoms with Crippen molar-refractivity contribution in [2.45, 2.75) is 20.8 Å². The number of carbonyl (C=O) groups excluding carboxylic acids is 1. The first-order chi connectivity index (χ1) is 6.54. The number of hydrogen-bond donors (Lipinski definition) is 0. The number of halogens is 1. The van der Waals surface area contributed by atoms with Gasteiger partial charge in [0.2, 0.25) is 0 Å². The van der Waals surface area contributed by atoms with E-state index in [1.807, 2.05) is 31.2 Å². The van der Waals surface area contributed by atoms with Gasteiger partial charge in [0.05, 0.1) is 0 Å². The van der Waals surface area contributed by atoms with Gasteiger partial charge in [0, 0.05) is 16.0 Å². The molecule has 0 aromatic heterocycles. The van der Waals surface area contributed by atoms with Crippen molar-refractivity contribution >= 4 is 21.7 Å². The van der Waals surface area contributed by atoms with Crippen LogP contribution in [0.3, 0.4) is 0 Å². The minimum Gasteiger partial charge on any atom is -0.294 e. The summed E-state index contributed by atoms with van der Waals surface area (Å²) in [6, 6.07) is 7.58. The van der Waals surface area contributed by atoms with Gasteiger partial charge in [-0.3, -0.25) is 4.79 Å². The number of benzene rings is 1.